The number of rotatable bonds is 2. The van der Waals surface area contributed by atoms with Crippen molar-refractivity contribution in [3.05, 3.63) is 23.8 Å². The lowest BCUT2D eigenvalue weighted by atomic mass is 10.1. The predicted molar refractivity (Wildman–Crippen MR) is 82.8 cm³/mol. The van der Waals surface area contributed by atoms with E-state index in [1.54, 1.807) is 25.1 Å². The summed E-state index contributed by atoms with van der Waals surface area (Å²) < 4.78 is 5.66. The lowest BCUT2D eigenvalue weighted by Crippen LogP contribution is -2.38. The van der Waals surface area contributed by atoms with E-state index in [2.05, 4.69) is 5.32 Å². The molecule has 3 unspecified atom stereocenters. The molecule has 3 atom stereocenters. The largest absolute Gasteiger partial charge is 0.478 e. The number of hydrogen-bond acceptors (Lipinski definition) is 4. The van der Waals surface area contributed by atoms with Crippen molar-refractivity contribution in [2.45, 2.75) is 32.4 Å². The van der Waals surface area contributed by atoms with Gasteiger partial charge < -0.3 is 20.7 Å². The second-order valence-corrected chi connectivity index (χ2v) is 6.08. The third-order valence-electron chi connectivity index (χ3n) is 4.42. The van der Waals surface area contributed by atoms with Crippen molar-refractivity contribution in [1.29, 1.82) is 0 Å². The third-order valence-corrected chi connectivity index (χ3v) is 4.42. The highest BCUT2D eigenvalue weighted by Gasteiger charge is 2.35. The van der Waals surface area contributed by atoms with Crippen LogP contribution in [0, 0.1) is 5.92 Å². The van der Waals surface area contributed by atoms with E-state index in [0.717, 1.165) is 6.42 Å². The molecule has 3 N–H and O–H groups in total. The second-order valence-electron chi connectivity index (χ2n) is 6.08. The van der Waals surface area contributed by atoms with E-state index < -0.39 is 6.10 Å². The molecular weight excluding hydrogens is 282 g/mol. The van der Waals surface area contributed by atoms with Gasteiger partial charge in [0.1, 0.15) is 0 Å². The van der Waals surface area contributed by atoms with Crippen LogP contribution in [0.5, 0.6) is 5.75 Å². The summed E-state index contributed by atoms with van der Waals surface area (Å²) >= 11 is 0. The first-order chi connectivity index (χ1) is 10.5. The smallest absolute Gasteiger partial charge is 0.265 e. The third kappa shape index (κ3) is 2.43. The molecule has 0 bridgehead atoms. The van der Waals surface area contributed by atoms with Crippen LogP contribution in [0.1, 0.15) is 30.6 Å². The molecule has 0 aromatic heterocycles. The van der Waals surface area contributed by atoms with Crippen molar-refractivity contribution in [2.24, 2.45) is 11.7 Å². The summed E-state index contributed by atoms with van der Waals surface area (Å²) in [7, 11) is 0. The molecule has 2 heterocycles. The van der Waals surface area contributed by atoms with Crippen LogP contribution in [-0.2, 0) is 4.79 Å². The number of hydrogen-bond donors (Lipinski definition) is 2. The van der Waals surface area contributed by atoms with E-state index in [0.29, 0.717) is 36.0 Å². The molecule has 1 aromatic carbocycles. The van der Waals surface area contributed by atoms with Gasteiger partial charge in [-0.05, 0) is 44.9 Å². The molecule has 0 radical (unpaired) electrons. The molecule has 22 heavy (non-hydrogen) atoms. The summed E-state index contributed by atoms with van der Waals surface area (Å²) in [4.78, 5) is 26.4. The zero-order chi connectivity index (χ0) is 15.9. The monoisotopic (exact) mass is 303 g/mol. The molecule has 1 aromatic rings. The van der Waals surface area contributed by atoms with Crippen LogP contribution < -0.4 is 15.8 Å². The average Bonchev–Trinajstić information content (AvgIpc) is 2.88. The number of para-hydroxylation sites is 1. The maximum absolute atomic E-state index is 12.9. The molecule has 2 aliphatic heterocycles. The van der Waals surface area contributed by atoms with Crippen molar-refractivity contribution in [2.75, 3.05) is 18.4 Å². The summed E-state index contributed by atoms with van der Waals surface area (Å²) in [5.41, 5.74) is 6.78. The zero-order valence-electron chi connectivity index (χ0n) is 12.8. The lowest BCUT2D eigenvalue weighted by Gasteiger charge is -2.27. The number of nitrogens with two attached hydrogens (primary N) is 1. The highest BCUT2D eigenvalue weighted by atomic mass is 16.5. The van der Waals surface area contributed by atoms with Gasteiger partial charge >= 0.3 is 0 Å². The summed E-state index contributed by atoms with van der Waals surface area (Å²) in [6.07, 6.45) is 0.319. The number of carbonyl (C=O) groups excluding carboxylic acids is 2. The van der Waals surface area contributed by atoms with Gasteiger partial charge in [0, 0.05) is 12.6 Å². The van der Waals surface area contributed by atoms with E-state index in [1.807, 2.05) is 11.8 Å². The van der Waals surface area contributed by atoms with Gasteiger partial charge in [-0.3, -0.25) is 9.59 Å². The number of anilines is 1. The molecule has 1 fully saturated rings. The molecule has 0 saturated carbocycles. The van der Waals surface area contributed by atoms with Crippen LogP contribution in [0.2, 0.25) is 0 Å². The molecule has 6 heteroatoms. The molecule has 0 aliphatic carbocycles. The first kappa shape index (κ1) is 14.8. The van der Waals surface area contributed by atoms with Crippen LogP contribution >= 0.6 is 0 Å². The fourth-order valence-corrected chi connectivity index (χ4v) is 3.15. The Hall–Kier alpha value is -2.08. The Morgan fingerprint density at radius 1 is 1.45 bits per heavy atom. The van der Waals surface area contributed by atoms with Gasteiger partial charge in [0.15, 0.2) is 11.9 Å². The highest BCUT2D eigenvalue weighted by Crippen LogP contribution is 2.35. The number of nitrogens with one attached hydrogen (secondary N) is 1. The number of benzene rings is 1. The molecule has 1 saturated heterocycles. The molecule has 2 amide bonds. The van der Waals surface area contributed by atoms with E-state index in [9.17, 15) is 9.59 Å². The SMILES string of the molecule is CC1Oc2c(cccc2C(=O)N2CC(CN)CC2C)NC1=O. The van der Waals surface area contributed by atoms with Gasteiger partial charge in [-0.1, -0.05) is 6.07 Å². The van der Waals surface area contributed by atoms with Crippen molar-refractivity contribution in [3.63, 3.8) is 0 Å². The Kier molecular flexibility index (Phi) is 3.78. The summed E-state index contributed by atoms with van der Waals surface area (Å²) in [5, 5.41) is 2.77. The van der Waals surface area contributed by atoms with E-state index in [4.69, 9.17) is 10.5 Å². The van der Waals surface area contributed by atoms with Gasteiger partial charge in [-0.25, -0.2) is 0 Å². The summed E-state index contributed by atoms with van der Waals surface area (Å²) in [5.74, 6) is 0.541. The average molecular weight is 303 g/mol. The van der Waals surface area contributed by atoms with E-state index >= 15 is 0 Å². The van der Waals surface area contributed by atoms with Crippen molar-refractivity contribution in [3.8, 4) is 5.75 Å². The molecule has 2 aliphatic rings. The molecular formula is C16H21N3O3. The quantitative estimate of drug-likeness (QED) is 0.860. The van der Waals surface area contributed by atoms with Gasteiger partial charge in [-0.2, -0.15) is 0 Å². The van der Waals surface area contributed by atoms with E-state index in [-0.39, 0.29) is 17.9 Å². The summed E-state index contributed by atoms with van der Waals surface area (Å²) in [6, 6.07) is 5.40. The number of amides is 2. The topological polar surface area (TPSA) is 84.7 Å². The van der Waals surface area contributed by atoms with Crippen LogP contribution in [-0.4, -0.2) is 41.9 Å². The van der Waals surface area contributed by atoms with Crippen molar-refractivity contribution < 1.29 is 14.3 Å². The predicted octanol–water partition coefficient (Wildman–Crippen LogP) is 1.22. The number of fused-ring (bicyclic) bond motifs is 1. The minimum Gasteiger partial charge on any atom is -0.478 e. The highest BCUT2D eigenvalue weighted by molar-refractivity contribution is 6.04. The number of likely N-dealkylation sites (tertiary alicyclic amines) is 1. The maximum Gasteiger partial charge on any atom is 0.265 e. The minimum absolute atomic E-state index is 0.0661. The lowest BCUT2D eigenvalue weighted by molar-refractivity contribution is -0.122. The minimum atomic E-state index is -0.603. The van der Waals surface area contributed by atoms with Crippen molar-refractivity contribution >= 4 is 17.5 Å². The number of ether oxygens (including phenoxy) is 1. The standard InChI is InChI=1S/C16H21N3O3/c1-9-6-11(7-17)8-19(9)16(21)12-4-3-5-13-14(12)22-10(2)15(20)18-13/h3-5,9-11H,6-8,17H2,1-2H3,(H,18,20). The first-order valence-corrected chi connectivity index (χ1v) is 7.62. The molecule has 0 spiro atoms. The Balaban J connectivity index is 1.91. The fraction of sp³-hybridized carbons (Fsp3) is 0.500. The maximum atomic E-state index is 12.9. The Morgan fingerprint density at radius 3 is 2.91 bits per heavy atom. The van der Waals surface area contributed by atoms with Gasteiger partial charge in [-0.15, -0.1) is 0 Å². The zero-order valence-corrected chi connectivity index (χ0v) is 12.8. The van der Waals surface area contributed by atoms with Crippen LogP contribution in [0.15, 0.2) is 18.2 Å². The Morgan fingerprint density at radius 2 is 2.23 bits per heavy atom. The van der Waals surface area contributed by atoms with Gasteiger partial charge in [0.25, 0.3) is 11.8 Å². The van der Waals surface area contributed by atoms with Gasteiger partial charge in [0.2, 0.25) is 0 Å². The normalized spacial score (nSPS) is 27.1. The second kappa shape index (κ2) is 5.61. The molecule has 118 valence electrons. The molecule has 3 rings (SSSR count). The summed E-state index contributed by atoms with van der Waals surface area (Å²) in [6.45, 7) is 4.96. The van der Waals surface area contributed by atoms with Crippen LogP contribution in [0.25, 0.3) is 0 Å². The number of nitrogens with zero attached hydrogens (tertiary/aromatic N) is 1. The van der Waals surface area contributed by atoms with Crippen molar-refractivity contribution in [1.82, 2.24) is 4.90 Å². The number of carbonyl (C=O) groups is 2. The first-order valence-electron chi connectivity index (χ1n) is 7.62. The fourth-order valence-electron chi connectivity index (χ4n) is 3.15. The van der Waals surface area contributed by atoms with Gasteiger partial charge in [0.05, 0.1) is 11.3 Å². The van der Waals surface area contributed by atoms with Crippen LogP contribution in [0.4, 0.5) is 5.69 Å². The molecule has 6 nitrogen and oxygen atoms in total. The van der Waals surface area contributed by atoms with Crippen LogP contribution in [0.3, 0.4) is 0 Å². The van der Waals surface area contributed by atoms with E-state index in [1.165, 1.54) is 0 Å². The Bertz CT molecular complexity index is 617. The Labute approximate surface area is 129 Å².